The number of methoxy groups -OCH3 is 1. The Morgan fingerprint density at radius 2 is 1.79 bits per heavy atom. The van der Waals surface area contributed by atoms with Crippen molar-refractivity contribution in [3.8, 4) is 17.6 Å². The summed E-state index contributed by atoms with van der Waals surface area (Å²) in [4.78, 5) is 36.0. The summed E-state index contributed by atoms with van der Waals surface area (Å²) in [6.45, 7) is 9.05. The van der Waals surface area contributed by atoms with E-state index in [2.05, 4.69) is 21.9 Å². The average Bonchev–Trinajstić information content (AvgIpc) is 2.58. The fourth-order valence-electron chi connectivity index (χ4n) is 2.14. The number of alkyl carbamates (subject to hydrolysis) is 1. The molecule has 0 saturated carbocycles. The zero-order valence-corrected chi connectivity index (χ0v) is 17.1. The number of ether oxygens (including phenoxy) is 3. The van der Waals surface area contributed by atoms with Gasteiger partial charge in [-0.1, -0.05) is 31.9 Å². The highest BCUT2D eigenvalue weighted by atomic mass is 16.6. The van der Waals surface area contributed by atoms with E-state index in [0.29, 0.717) is 12.0 Å². The first-order valence-corrected chi connectivity index (χ1v) is 8.92. The second-order valence-corrected chi connectivity index (χ2v) is 7.49. The summed E-state index contributed by atoms with van der Waals surface area (Å²) in [6, 6.07) is 5.64. The summed E-state index contributed by atoms with van der Waals surface area (Å²) >= 11 is 0. The van der Waals surface area contributed by atoms with E-state index in [1.54, 1.807) is 45.0 Å². The first-order valence-electron chi connectivity index (χ1n) is 8.92. The summed E-state index contributed by atoms with van der Waals surface area (Å²) in [5.41, 5.74) is -0.339. The van der Waals surface area contributed by atoms with E-state index in [0.717, 1.165) is 0 Å². The number of rotatable bonds is 5. The van der Waals surface area contributed by atoms with Gasteiger partial charge in [0, 0.05) is 5.92 Å². The van der Waals surface area contributed by atoms with Gasteiger partial charge in [-0.05, 0) is 45.2 Å². The zero-order valence-electron chi connectivity index (χ0n) is 17.1. The van der Waals surface area contributed by atoms with E-state index in [1.165, 1.54) is 7.11 Å². The van der Waals surface area contributed by atoms with Crippen LogP contribution < -0.4 is 10.1 Å². The van der Waals surface area contributed by atoms with Crippen molar-refractivity contribution >= 4 is 18.0 Å². The van der Waals surface area contributed by atoms with Crippen LogP contribution >= 0.6 is 0 Å². The molecular weight excluding hydrogens is 362 g/mol. The molecule has 0 aliphatic heterocycles. The third-order valence-corrected chi connectivity index (χ3v) is 3.26. The molecule has 7 heteroatoms. The van der Waals surface area contributed by atoms with Crippen LogP contribution in [0.15, 0.2) is 24.3 Å². The van der Waals surface area contributed by atoms with Gasteiger partial charge in [0.2, 0.25) is 0 Å². The van der Waals surface area contributed by atoms with Crippen LogP contribution in [0.3, 0.4) is 0 Å². The van der Waals surface area contributed by atoms with E-state index < -0.39 is 29.7 Å². The fourth-order valence-corrected chi connectivity index (χ4v) is 2.14. The van der Waals surface area contributed by atoms with Gasteiger partial charge in [0.25, 0.3) is 0 Å². The summed E-state index contributed by atoms with van der Waals surface area (Å²) in [5.74, 6) is 3.86. The van der Waals surface area contributed by atoms with Gasteiger partial charge < -0.3 is 19.5 Å². The first-order chi connectivity index (χ1) is 13.0. The Morgan fingerprint density at radius 1 is 1.14 bits per heavy atom. The molecule has 7 nitrogen and oxygen atoms in total. The van der Waals surface area contributed by atoms with Gasteiger partial charge in [-0.2, -0.15) is 0 Å². The molecule has 0 saturated heterocycles. The Hall–Kier alpha value is -3.01. The lowest BCUT2D eigenvalue weighted by Crippen LogP contribution is -2.45. The number of carbonyl (C=O) groups is 3. The Kier molecular flexibility index (Phi) is 8.52. The molecule has 1 rings (SSSR count). The smallest absolute Gasteiger partial charge is 0.408 e. The normalized spacial score (nSPS) is 11.7. The molecule has 0 radical (unpaired) electrons. The molecule has 0 fully saturated rings. The number of hydrogen-bond donors (Lipinski definition) is 1. The van der Waals surface area contributed by atoms with Crippen LogP contribution in [0.25, 0.3) is 0 Å². The van der Waals surface area contributed by atoms with Crippen molar-refractivity contribution in [2.24, 2.45) is 5.92 Å². The van der Waals surface area contributed by atoms with Crippen molar-refractivity contribution in [3.05, 3.63) is 29.8 Å². The van der Waals surface area contributed by atoms with Crippen LogP contribution in [0.2, 0.25) is 0 Å². The molecule has 1 aromatic rings. The highest BCUT2D eigenvalue weighted by Gasteiger charge is 2.27. The monoisotopic (exact) mass is 389 g/mol. The van der Waals surface area contributed by atoms with Gasteiger partial charge in [0.05, 0.1) is 12.7 Å². The molecule has 0 aromatic heterocycles. The van der Waals surface area contributed by atoms with Gasteiger partial charge in [-0.25, -0.2) is 14.4 Å². The molecule has 1 atom stereocenters. The number of para-hydroxylation sites is 1. The van der Waals surface area contributed by atoms with Crippen molar-refractivity contribution in [1.29, 1.82) is 0 Å². The predicted molar refractivity (Wildman–Crippen MR) is 104 cm³/mol. The van der Waals surface area contributed by atoms with Crippen LogP contribution in [0.1, 0.15) is 46.6 Å². The Balaban J connectivity index is 2.97. The number of hydrogen-bond acceptors (Lipinski definition) is 6. The van der Waals surface area contributed by atoms with Gasteiger partial charge in [-0.15, -0.1) is 0 Å². The van der Waals surface area contributed by atoms with E-state index in [9.17, 15) is 14.4 Å². The van der Waals surface area contributed by atoms with Crippen molar-refractivity contribution in [2.75, 3.05) is 7.11 Å². The first kappa shape index (κ1) is 23.0. The van der Waals surface area contributed by atoms with E-state index >= 15 is 0 Å². The van der Waals surface area contributed by atoms with Crippen molar-refractivity contribution in [3.63, 3.8) is 0 Å². The van der Waals surface area contributed by atoms with Gasteiger partial charge in [-0.3, -0.25) is 0 Å². The molecule has 28 heavy (non-hydrogen) atoms. The number of esters is 2. The maximum atomic E-state index is 12.7. The van der Waals surface area contributed by atoms with Crippen LogP contribution in [-0.4, -0.2) is 36.8 Å². The molecule has 1 N–H and O–H groups in total. The molecule has 0 spiro atoms. The molecule has 0 unspecified atom stereocenters. The number of amides is 1. The molecule has 0 bridgehead atoms. The average molecular weight is 389 g/mol. The van der Waals surface area contributed by atoms with Crippen LogP contribution in [-0.2, 0) is 19.1 Å². The minimum absolute atomic E-state index is 0.127. The van der Waals surface area contributed by atoms with Crippen LogP contribution in [0.5, 0.6) is 5.75 Å². The quantitative estimate of drug-likeness (QED) is 0.473. The summed E-state index contributed by atoms with van der Waals surface area (Å²) in [7, 11) is 1.22. The van der Waals surface area contributed by atoms with Crippen LogP contribution in [0, 0.1) is 17.8 Å². The molecule has 1 amide bonds. The van der Waals surface area contributed by atoms with Gasteiger partial charge in [0.15, 0.2) is 0 Å². The molecule has 0 heterocycles. The highest BCUT2D eigenvalue weighted by Crippen LogP contribution is 2.19. The fraction of sp³-hybridized carbons (Fsp3) is 0.476. The third kappa shape index (κ3) is 8.58. The lowest BCUT2D eigenvalue weighted by molar-refractivity contribution is -0.137. The maximum Gasteiger partial charge on any atom is 0.408 e. The summed E-state index contributed by atoms with van der Waals surface area (Å²) in [5, 5.41) is 2.56. The molecule has 0 aliphatic carbocycles. The highest BCUT2D eigenvalue weighted by molar-refractivity contribution is 5.89. The predicted octanol–water partition coefficient (Wildman–Crippen LogP) is 3.06. The Bertz CT molecular complexity index is 767. The number of nitrogens with one attached hydrogen (secondary N) is 1. The summed E-state index contributed by atoms with van der Waals surface area (Å²) in [6.07, 6.45) is -0.331. The lowest BCUT2D eigenvalue weighted by atomic mass is 10.0. The second-order valence-electron chi connectivity index (χ2n) is 7.49. The lowest BCUT2D eigenvalue weighted by Gasteiger charge is -2.23. The SMILES string of the molecule is COC(=O)C#Cc1ccccc1OC(=O)[C@@H](CC(C)C)NC(=O)OC(C)(C)C. The largest absolute Gasteiger partial charge is 0.459 e. The Morgan fingerprint density at radius 3 is 2.36 bits per heavy atom. The van der Waals surface area contributed by atoms with Gasteiger partial charge in [0.1, 0.15) is 17.4 Å². The van der Waals surface area contributed by atoms with Crippen molar-refractivity contribution in [2.45, 2.75) is 52.7 Å². The summed E-state index contributed by atoms with van der Waals surface area (Å²) < 4.78 is 15.1. The molecule has 0 aliphatic rings. The maximum absolute atomic E-state index is 12.7. The molecule has 1 aromatic carbocycles. The van der Waals surface area contributed by atoms with Crippen molar-refractivity contribution in [1.82, 2.24) is 5.32 Å². The van der Waals surface area contributed by atoms with Gasteiger partial charge >= 0.3 is 18.0 Å². The van der Waals surface area contributed by atoms with E-state index in [1.807, 2.05) is 13.8 Å². The number of carbonyl (C=O) groups excluding carboxylic acids is 3. The minimum Gasteiger partial charge on any atom is -0.459 e. The Labute approximate surface area is 165 Å². The van der Waals surface area contributed by atoms with E-state index in [-0.39, 0.29) is 11.7 Å². The van der Waals surface area contributed by atoms with Crippen molar-refractivity contribution < 1.29 is 28.6 Å². The minimum atomic E-state index is -0.892. The molecule has 152 valence electrons. The topological polar surface area (TPSA) is 90.9 Å². The van der Waals surface area contributed by atoms with Crippen LogP contribution in [0.4, 0.5) is 4.79 Å². The van der Waals surface area contributed by atoms with E-state index in [4.69, 9.17) is 9.47 Å². The standard InChI is InChI=1S/C21H27NO6/c1-14(2)13-16(22-20(25)28-21(3,4)5)19(24)27-17-10-8-7-9-15(17)11-12-18(23)26-6/h7-10,14,16H,13H2,1-6H3,(H,22,25)/t16-/m1/s1. The molecular formula is C21H27NO6. The second kappa shape index (κ2) is 10.4. The zero-order chi connectivity index (χ0) is 21.3. The third-order valence-electron chi connectivity index (χ3n) is 3.26. The number of benzene rings is 1.